The highest BCUT2D eigenvalue weighted by molar-refractivity contribution is 9.11. The second-order valence-electron chi connectivity index (χ2n) is 4.42. The summed E-state index contributed by atoms with van der Waals surface area (Å²) in [6, 6.07) is 1.59. The Morgan fingerprint density at radius 3 is 3.10 bits per heavy atom. The summed E-state index contributed by atoms with van der Waals surface area (Å²) in [6.07, 6.45) is 1.26. The maximum Gasteiger partial charge on any atom is 0.256 e. The molecule has 0 saturated carbocycles. The van der Waals surface area contributed by atoms with Crippen LogP contribution in [0.1, 0.15) is 27.1 Å². The molecule has 0 aromatic carbocycles. The van der Waals surface area contributed by atoms with E-state index in [1.165, 1.54) is 6.39 Å². The number of aromatic nitrogens is 2. The monoisotopic (exact) mass is 357 g/mol. The molecule has 1 amide bonds. The second-order valence-corrected chi connectivity index (χ2v) is 7.00. The Balaban J connectivity index is 1.90. The van der Waals surface area contributed by atoms with E-state index in [2.05, 4.69) is 26.1 Å². The molecular formula is C12H12BrN3O3S. The first kappa shape index (κ1) is 13.7. The number of hydrogen-bond acceptors (Lipinski definition) is 6. The number of morpholine rings is 1. The smallest absolute Gasteiger partial charge is 0.256 e. The zero-order valence-corrected chi connectivity index (χ0v) is 13.1. The summed E-state index contributed by atoms with van der Waals surface area (Å²) in [5.74, 6) is 0.431. The summed E-state index contributed by atoms with van der Waals surface area (Å²) < 4.78 is 11.0. The van der Waals surface area contributed by atoms with Gasteiger partial charge < -0.3 is 14.2 Å². The summed E-state index contributed by atoms with van der Waals surface area (Å²) in [6.45, 7) is 3.38. The lowest BCUT2D eigenvalue weighted by molar-refractivity contribution is -0.00578. The largest absolute Gasteiger partial charge is 0.377 e. The lowest BCUT2D eigenvalue weighted by atomic mass is 10.1. The average Bonchev–Trinajstić information content (AvgIpc) is 3.07. The van der Waals surface area contributed by atoms with Crippen molar-refractivity contribution in [2.45, 2.75) is 13.0 Å². The zero-order valence-electron chi connectivity index (χ0n) is 10.7. The third kappa shape index (κ3) is 2.50. The SMILES string of the molecule is Cc1cc(C(=O)N2CCOCC2c2ncon2)c(Br)s1. The van der Waals surface area contributed by atoms with Crippen LogP contribution in [0.2, 0.25) is 0 Å². The molecule has 106 valence electrons. The van der Waals surface area contributed by atoms with Gasteiger partial charge in [0.2, 0.25) is 6.39 Å². The van der Waals surface area contributed by atoms with Crippen molar-refractivity contribution in [2.75, 3.05) is 19.8 Å². The predicted molar refractivity (Wildman–Crippen MR) is 75.7 cm³/mol. The van der Waals surface area contributed by atoms with E-state index in [1.54, 1.807) is 16.2 Å². The molecule has 0 bridgehead atoms. The lowest BCUT2D eigenvalue weighted by Gasteiger charge is -2.33. The molecule has 1 aliphatic heterocycles. The van der Waals surface area contributed by atoms with Crippen molar-refractivity contribution < 1.29 is 14.1 Å². The van der Waals surface area contributed by atoms with E-state index >= 15 is 0 Å². The molecule has 6 nitrogen and oxygen atoms in total. The van der Waals surface area contributed by atoms with Gasteiger partial charge in [-0.25, -0.2) is 0 Å². The molecule has 0 N–H and O–H groups in total. The van der Waals surface area contributed by atoms with Gasteiger partial charge in [0.05, 0.1) is 22.6 Å². The highest BCUT2D eigenvalue weighted by atomic mass is 79.9. The number of ether oxygens (including phenoxy) is 1. The number of hydrogen-bond donors (Lipinski definition) is 0. The molecule has 2 aromatic heterocycles. The van der Waals surface area contributed by atoms with Crippen molar-refractivity contribution in [3.8, 4) is 0 Å². The molecule has 8 heteroatoms. The zero-order chi connectivity index (χ0) is 14.1. The van der Waals surface area contributed by atoms with Crippen molar-refractivity contribution in [3.05, 3.63) is 32.5 Å². The van der Waals surface area contributed by atoms with E-state index in [1.807, 2.05) is 13.0 Å². The van der Waals surface area contributed by atoms with Gasteiger partial charge in [0.15, 0.2) is 5.82 Å². The van der Waals surface area contributed by atoms with Crippen LogP contribution >= 0.6 is 27.3 Å². The van der Waals surface area contributed by atoms with Crippen LogP contribution in [-0.2, 0) is 4.74 Å². The first-order valence-electron chi connectivity index (χ1n) is 6.07. The lowest BCUT2D eigenvalue weighted by Crippen LogP contribution is -2.43. The van der Waals surface area contributed by atoms with Crippen molar-refractivity contribution in [2.24, 2.45) is 0 Å². The predicted octanol–water partition coefficient (Wildman–Crippen LogP) is 2.42. The van der Waals surface area contributed by atoms with Gasteiger partial charge in [0.25, 0.3) is 5.91 Å². The summed E-state index contributed by atoms with van der Waals surface area (Å²) in [5, 5.41) is 3.82. The Kier molecular flexibility index (Phi) is 3.86. The van der Waals surface area contributed by atoms with Gasteiger partial charge in [-0.3, -0.25) is 4.79 Å². The van der Waals surface area contributed by atoms with Gasteiger partial charge in [-0.15, -0.1) is 11.3 Å². The van der Waals surface area contributed by atoms with Gasteiger partial charge >= 0.3 is 0 Å². The summed E-state index contributed by atoms with van der Waals surface area (Å²) >= 11 is 4.99. The quantitative estimate of drug-likeness (QED) is 0.825. The highest BCUT2D eigenvalue weighted by Crippen LogP contribution is 2.31. The summed E-state index contributed by atoms with van der Waals surface area (Å²) in [5.41, 5.74) is 0.669. The number of rotatable bonds is 2. The normalized spacial score (nSPS) is 19.3. The van der Waals surface area contributed by atoms with Gasteiger partial charge in [0, 0.05) is 11.4 Å². The maximum absolute atomic E-state index is 12.7. The molecule has 1 fully saturated rings. The number of thiophene rings is 1. The number of nitrogens with zero attached hydrogens (tertiary/aromatic N) is 3. The topological polar surface area (TPSA) is 68.5 Å². The maximum atomic E-state index is 12.7. The number of amides is 1. The molecule has 20 heavy (non-hydrogen) atoms. The van der Waals surface area contributed by atoms with E-state index in [4.69, 9.17) is 9.26 Å². The molecule has 1 saturated heterocycles. The Hall–Kier alpha value is -1.25. The van der Waals surface area contributed by atoms with Crippen LogP contribution in [0.3, 0.4) is 0 Å². The standard InChI is InChI=1S/C12H12BrN3O3S/c1-7-4-8(10(13)20-7)12(17)16-2-3-18-5-9(16)11-14-6-19-15-11/h4,6,9H,2-3,5H2,1H3. The highest BCUT2D eigenvalue weighted by Gasteiger charge is 2.33. The Morgan fingerprint density at radius 1 is 1.60 bits per heavy atom. The fraction of sp³-hybridized carbons (Fsp3) is 0.417. The fourth-order valence-corrected chi connectivity index (χ4v) is 3.94. The van der Waals surface area contributed by atoms with E-state index in [9.17, 15) is 4.79 Å². The van der Waals surface area contributed by atoms with Crippen molar-refractivity contribution in [1.82, 2.24) is 15.0 Å². The van der Waals surface area contributed by atoms with Crippen LogP contribution in [0.15, 0.2) is 20.8 Å². The van der Waals surface area contributed by atoms with Crippen molar-refractivity contribution >= 4 is 33.2 Å². The number of halogens is 1. The molecule has 0 spiro atoms. The van der Waals surface area contributed by atoms with E-state index in [0.717, 1.165) is 8.66 Å². The van der Waals surface area contributed by atoms with Crippen LogP contribution in [0.25, 0.3) is 0 Å². The van der Waals surface area contributed by atoms with Gasteiger partial charge in [-0.05, 0) is 28.9 Å². The van der Waals surface area contributed by atoms with Gasteiger partial charge in [-0.1, -0.05) is 5.16 Å². The minimum absolute atomic E-state index is 0.0423. The van der Waals surface area contributed by atoms with Crippen LogP contribution in [-0.4, -0.2) is 40.7 Å². The average molecular weight is 358 g/mol. The Labute approximate surface area is 127 Å². The molecule has 0 radical (unpaired) electrons. The number of carbonyl (C=O) groups is 1. The Morgan fingerprint density at radius 2 is 2.45 bits per heavy atom. The summed E-state index contributed by atoms with van der Waals surface area (Å²) in [4.78, 5) is 19.6. The van der Waals surface area contributed by atoms with Crippen molar-refractivity contribution in [1.29, 1.82) is 0 Å². The van der Waals surface area contributed by atoms with Crippen LogP contribution in [0.5, 0.6) is 0 Å². The van der Waals surface area contributed by atoms with Crippen LogP contribution < -0.4 is 0 Å². The van der Waals surface area contributed by atoms with Crippen LogP contribution in [0.4, 0.5) is 0 Å². The summed E-state index contributed by atoms with van der Waals surface area (Å²) in [7, 11) is 0. The second kappa shape index (κ2) is 5.63. The van der Waals surface area contributed by atoms with Gasteiger partial charge in [-0.2, -0.15) is 4.98 Å². The molecular weight excluding hydrogens is 346 g/mol. The third-order valence-electron chi connectivity index (χ3n) is 3.11. The molecule has 3 rings (SSSR count). The molecule has 3 heterocycles. The third-order valence-corrected chi connectivity index (χ3v) is 4.86. The first-order chi connectivity index (χ1) is 9.66. The molecule has 1 aliphatic rings. The van der Waals surface area contributed by atoms with Crippen LogP contribution in [0, 0.1) is 6.92 Å². The molecule has 2 aromatic rings. The van der Waals surface area contributed by atoms with E-state index < -0.39 is 0 Å². The first-order valence-corrected chi connectivity index (χ1v) is 7.68. The fourth-order valence-electron chi connectivity index (χ4n) is 2.17. The van der Waals surface area contributed by atoms with Crippen molar-refractivity contribution in [3.63, 3.8) is 0 Å². The van der Waals surface area contributed by atoms with E-state index in [0.29, 0.717) is 31.1 Å². The minimum atomic E-state index is -0.304. The van der Waals surface area contributed by atoms with E-state index in [-0.39, 0.29) is 11.9 Å². The molecule has 1 unspecified atom stereocenters. The molecule has 0 aliphatic carbocycles. The number of aryl methyl sites for hydroxylation is 1. The minimum Gasteiger partial charge on any atom is -0.377 e. The Bertz CT molecular complexity index is 614. The molecule has 1 atom stereocenters. The number of carbonyl (C=O) groups excluding carboxylic acids is 1. The van der Waals surface area contributed by atoms with Gasteiger partial charge in [0.1, 0.15) is 6.04 Å².